The molecule has 3 atom stereocenters. The molecular formula is C18H25ClN2S. The van der Waals surface area contributed by atoms with Gasteiger partial charge in [-0.25, -0.2) is 0 Å². The van der Waals surface area contributed by atoms with E-state index in [-0.39, 0.29) is 0 Å². The largest absolute Gasteiger partial charge is 0.359 e. The minimum absolute atomic E-state index is 0.549. The number of hydrogen-bond acceptors (Lipinski definition) is 1. The topological polar surface area (TPSA) is 15.3 Å². The Bertz CT molecular complexity index is 558. The van der Waals surface area contributed by atoms with Crippen LogP contribution in [0.3, 0.4) is 0 Å². The molecule has 2 nitrogen and oxygen atoms in total. The van der Waals surface area contributed by atoms with Crippen LogP contribution in [0.1, 0.15) is 43.2 Å². The molecule has 0 aliphatic heterocycles. The second kappa shape index (κ2) is 7.47. The molecule has 1 aliphatic carbocycles. The second-order valence-corrected chi connectivity index (χ2v) is 7.04. The van der Waals surface area contributed by atoms with Crippen LogP contribution >= 0.6 is 23.8 Å². The lowest BCUT2D eigenvalue weighted by molar-refractivity contribution is 0.377. The van der Waals surface area contributed by atoms with Gasteiger partial charge < -0.3 is 10.2 Å². The van der Waals surface area contributed by atoms with Crippen LogP contribution < -0.4 is 5.32 Å². The zero-order valence-corrected chi connectivity index (χ0v) is 15.2. The fourth-order valence-corrected chi connectivity index (χ4v) is 3.70. The summed E-state index contributed by atoms with van der Waals surface area (Å²) in [6.07, 6.45) is 2.91. The Morgan fingerprint density at radius 2 is 2.14 bits per heavy atom. The van der Waals surface area contributed by atoms with Crippen molar-refractivity contribution in [2.75, 3.05) is 20.1 Å². The lowest BCUT2D eigenvalue weighted by atomic mass is 9.87. The van der Waals surface area contributed by atoms with E-state index < -0.39 is 0 Å². The third kappa shape index (κ3) is 3.64. The van der Waals surface area contributed by atoms with Crippen LogP contribution in [-0.2, 0) is 0 Å². The highest BCUT2D eigenvalue weighted by Crippen LogP contribution is 2.48. The van der Waals surface area contributed by atoms with Crippen molar-refractivity contribution >= 4 is 28.9 Å². The molecule has 0 aromatic heterocycles. The molecule has 4 heteroatoms. The van der Waals surface area contributed by atoms with Crippen molar-refractivity contribution in [3.05, 3.63) is 47.0 Å². The maximum atomic E-state index is 6.20. The van der Waals surface area contributed by atoms with E-state index in [0.29, 0.717) is 24.3 Å². The molecule has 0 bridgehead atoms. The van der Waals surface area contributed by atoms with Crippen molar-refractivity contribution in [2.24, 2.45) is 5.92 Å². The lowest BCUT2D eigenvalue weighted by Gasteiger charge is -2.25. The Balaban J connectivity index is 2.03. The first-order valence-electron chi connectivity index (χ1n) is 7.85. The molecule has 0 amide bonds. The van der Waals surface area contributed by atoms with Crippen molar-refractivity contribution in [1.29, 1.82) is 0 Å². The molecule has 0 radical (unpaired) electrons. The molecule has 0 spiro atoms. The van der Waals surface area contributed by atoms with Crippen LogP contribution in [0.15, 0.2) is 30.9 Å². The van der Waals surface area contributed by atoms with Gasteiger partial charge in [-0.2, -0.15) is 0 Å². The highest BCUT2D eigenvalue weighted by atomic mass is 35.5. The predicted molar refractivity (Wildman–Crippen MR) is 99.8 cm³/mol. The molecular weight excluding hydrogens is 312 g/mol. The number of halogens is 1. The van der Waals surface area contributed by atoms with E-state index in [2.05, 4.69) is 42.8 Å². The van der Waals surface area contributed by atoms with E-state index in [9.17, 15) is 0 Å². The van der Waals surface area contributed by atoms with E-state index in [1.54, 1.807) is 0 Å². The molecule has 2 unspecified atom stereocenters. The number of nitrogens with one attached hydrogen (secondary N) is 1. The molecule has 120 valence electrons. The van der Waals surface area contributed by atoms with Crippen LogP contribution in [-0.4, -0.2) is 30.1 Å². The highest BCUT2D eigenvalue weighted by molar-refractivity contribution is 7.80. The van der Waals surface area contributed by atoms with E-state index >= 15 is 0 Å². The number of benzene rings is 1. The summed E-state index contributed by atoms with van der Waals surface area (Å²) in [5.41, 5.74) is 2.88. The minimum atomic E-state index is 0.549. The molecule has 0 fully saturated rings. The Kier molecular flexibility index (Phi) is 5.87. The fourth-order valence-electron chi connectivity index (χ4n) is 3.34. The van der Waals surface area contributed by atoms with Crippen LogP contribution in [0.4, 0.5) is 0 Å². The molecule has 1 aliphatic rings. The Labute approximate surface area is 144 Å². The zero-order chi connectivity index (χ0) is 16.3. The van der Waals surface area contributed by atoms with Crippen LogP contribution in [0, 0.1) is 5.92 Å². The third-order valence-corrected chi connectivity index (χ3v) is 5.57. The fraction of sp³-hybridized carbons (Fsp3) is 0.500. The number of thiocarbonyl (C=S) groups is 1. The minimum Gasteiger partial charge on any atom is -0.359 e. The first-order chi connectivity index (χ1) is 10.5. The first-order valence-corrected chi connectivity index (χ1v) is 8.63. The Morgan fingerprint density at radius 3 is 2.82 bits per heavy atom. The van der Waals surface area contributed by atoms with Crippen LogP contribution in [0.5, 0.6) is 0 Å². The second-order valence-electron chi connectivity index (χ2n) is 6.21. The summed E-state index contributed by atoms with van der Waals surface area (Å²) in [5, 5.41) is 4.79. The summed E-state index contributed by atoms with van der Waals surface area (Å²) < 4.78 is 0. The maximum absolute atomic E-state index is 6.20. The quantitative estimate of drug-likeness (QED) is 0.627. The Morgan fingerprint density at radius 1 is 1.41 bits per heavy atom. The van der Waals surface area contributed by atoms with Gasteiger partial charge in [-0.15, -0.1) is 6.58 Å². The Hall–Kier alpha value is -1.06. The number of hydrogen-bond donors (Lipinski definition) is 1. The summed E-state index contributed by atoms with van der Waals surface area (Å²) in [4.78, 5) is 2.11. The zero-order valence-electron chi connectivity index (χ0n) is 13.6. The van der Waals surface area contributed by atoms with Gasteiger partial charge in [0.15, 0.2) is 5.11 Å². The van der Waals surface area contributed by atoms with Crippen molar-refractivity contribution in [1.82, 2.24) is 10.2 Å². The molecule has 0 saturated heterocycles. The van der Waals surface area contributed by atoms with Crippen LogP contribution in [0.2, 0.25) is 5.02 Å². The molecule has 0 saturated carbocycles. The van der Waals surface area contributed by atoms with E-state index in [1.807, 2.05) is 19.2 Å². The van der Waals surface area contributed by atoms with E-state index in [0.717, 1.165) is 23.1 Å². The van der Waals surface area contributed by atoms with Gasteiger partial charge in [0.1, 0.15) is 0 Å². The first kappa shape index (κ1) is 17.3. The summed E-state index contributed by atoms with van der Waals surface area (Å²) in [6.45, 7) is 10.0. The smallest absolute Gasteiger partial charge is 0.168 e. The van der Waals surface area contributed by atoms with Crippen molar-refractivity contribution in [3.8, 4) is 0 Å². The maximum Gasteiger partial charge on any atom is 0.168 e. The van der Waals surface area contributed by atoms with Crippen molar-refractivity contribution in [2.45, 2.75) is 32.1 Å². The monoisotopic (exact) mass is 336 g/mol. The van der Waals surface area contributed by atoms with Gasteiger partial charge in [0.2, 0.25) is 0 Å². The van der Waals surface area contributed by atoms with E-state index in [1.165, 1.54) is 11.1 Å². The third-order valence-electron chi connectivity index (χ3n) is 4.88. The SMILES string of the molecule is C=CCNC(=S)N(C)CCC1c2cc(Cl)ccc2C(C)[C@H]1C. The van der Waals surface area contributed by atoms with Gasteiger partial charge in [0.05, 0.1) is 0 Å². The predicted octanol–water partition coefficient (Wildman–Crippen LogP) is 4.56. The standard InChI is InChI=1S/C18H25ClN2S/c1-5-9-20-18(22)21(4)10-8-16-13(3)12(2)15-7-6-14(19)11-17(15)16/h5-7,11-13,16H,1,8-10H2,2-4H3,(H,20,22)/t12?,13-,16?/m1/s1. The highest BCUT2D eigenvalue weighted by Gasteiger charge is 2.35. The molecule has 1 N–H and O–H groups in total. The van der Waals surface area contributed by atoms with Gasteiger partial charge in [-0.3, -0.25) is 0 Å². The van der Waals surface area contributed by atoms with Gasteiger partial charge in [-0.1, -0.05) is 37.6 Å². The summed E-state index contributed by atoms with van der Waals surface area (Å²) >= 11 is 11.6. The molecule has 22 heavy (non-hydrogen) atoms. The van der Waals surface area contributed by atoms with Gasteiger partial charge in [-0.05, 0) is 59.7 Å². The molecule has 1 aromatic carbocycles. The molecule has 2 rings (SSSR count). The van der Waals surface area contributed by atoms with Crippen molar-refractivity contribution in [3.63, 3.8) is 0 Å². The number of fused-ring (bicyclic) bond motifs is 1. The normalized spacial score (nSPS) is 23.0. The summed E-state index contributed by atoms with van der Waals surface area (Å²) in [5.74, 6) is 1.78. The summed E-state index contributed by atoms with van der Waals surface area (Å²) in [6, 6.07) is 6.35. The van der Waals surface area contributed by atoms with Gasteiger partial charge in [0.25, 0.3) is 0 Å². The van der Waals surface area contributed by atoms with Gasteiger partial charge >= 0.3 is 0 Å². The van der Waals surface area contributed by atoms with E-state index in [4.69, 9.17) is 23.8 Å². The summed E-state index contributed by atoms with van der Waals surface area (Å²) in [7, 11) is 2.04. The molecule has 0 heterocycles. The van der Waals surface area contributed by atoms with Gasteiger partial charge in [0, 0.05) is 25.2 Å². The lowest BCUT2D eigenvalue weighted by Crippen LogP contribution is -2.38. The number of nitrogens with zero attached hydrogens (tertiary/aromatic N) is 1. The van der Waals surface area contributed by atoms with Crippen LogP contribution in [0.25, 0.3) is 0 Å². The number of rotatable bonds is 5. The van der Waals surface area contributed by atoms with Crippen molar-refractivity contribution < 1.29 is 0 Å². The average Bonchev–Trinajstić information content (AvgIpc) is 2.73. The average molecular weight is 337 g/mol. The molecule has 1 aromatic rings.